The van der Waals surface area contributed by atoms with Gasteiger partial charge in [-0.15, -0.1) is 0 Å². The largest absolute Gasteiger partial charge is 0.339 e. The number of amides is 2. The topological polar surface area (TPSA) is 47.1 Å². The molecule has 0 atom stereocenters. The molecule has 1 aliphatic carbocycles. The van der Waals surface area contributed by atoms with E-state index in [4.69, 9.17) is 0 Å². The summed E-state index contributed by atoms with van der Waals surface area (Å²) in [6, 6.07) is 3.63. The van der Waals surface area contributed by atoms with E-state index in [0.717, 1.165) is 44.4 Å². The minimum atomic E-state index is -0.712. The fraction of sp³-hybridized carbons (Fsp3) is 0.636. The quantitative estimate of drug-likeness (QED) is 0.746. The lowest BCUT2D eigenvalue weighted by atomic mass is 10.1. The molecule has 30 heavy (non-hydrogen) atoms. The number of benzene rings is 1. The first kappa shape index (κ1) is 21.2. The Morgan fingerprint density at radius 3 is 2.17 bits per heavy atom. The molecule has 1 saturated carbocycles. The molecule has 2 amide bonds. The second kappa shape index (κ2) is 9.39. The lowest BCUT2D eigenvalue weighted by Gasteiger charge is -2.39. The molecule has 0 unspecified atom stereocenters. The van der Waals surface area contributed by atoms with Crippen LogP contribution in [0.4, 0.5) is 8.78 Å². The Hall–Kier alpha value is -2.06. The molecule has 4 rings (SSSR count). The summed E-state index contributed by atoms with van der Waals surface area (Å²) in [5.41, 5.74) is -0.236. The second-order valence-corrected chi connectivity index (χ2v) is 8.55. The molecule has 2 saturated heterocycles. The molecule has 1 aromatic carbocycles. The molecular formula is C22H30F2N4O2. The zero-order valence-corrected chi connectivity index (χ0v) is 17.4. The maximum atomic E-state index is 13.9. The average Bonchev–Trinajstić information content (AvgIpc) is 3.30. The van der Waals surface area contributed by atoms with Crippen LogP contribution in [0.5, 0.6) is 0 Å². The summed E-state index contributed by atoms with van der Waals surface area (Å²) < 4.78 is 27.3. The van der Waals surface area contributed by atoms with Gasteiger partial charge in [0.05, 0.1) is 12.1 Å². The third kappa shape index (κ3) is 4.81. The van der Waals surface area contributed by atoms with Crippen LogP contribution in [0.1, 0.15) is 36.0 Å². The Morgan fingerprint density at radius 2 is 1.50 bits per heavy atom. The minimum absolute atomic E-state index is 0.136. The van der Waals surface area contributed by atoms with Gasteiger partial charge in [0.1, 0.15) is 11.6 Å². The lowest BCUT2D eigenvalue weighted by Crippen LogP contribution is -2.55. The van der Waals surface area contributed by atoms with Gasteiger partial charge in [-0.05, 0) is 31.0 Å². The van der Waals surface area contributed by atoms with Gasteiger partial charge in [-0.2, -0.15) is 0 Å². The van der Waals surface area contributed by atoms with Crippen molar-refractivity contribution in [2.24, 2.45) is 0 Å². The zero-order chi connectivity index (χ0) is 21.1. The third-order valence-corrected chi connectivity index (χ3v) is 6.69. The molecule has 8 heteroatoms. The zero-order valence-electron chi connectivity index (χ0n) is 17.4. The number of carbonyl (C=O) groups excluding carboxylic acids is 2. The monoisotopic (exact) mass is 420 g/mol. The molecular weight excluding hydrogens is 390 g/mol. The number of hydrogen-bond acceptors (Lipinski definition) is 4. The molecule has 0 spiro atoms. The number of halogens is 2. The third-order valence-electron chi connectivity index (χ3n) is 6.69. The molecule has 0 radical (unpaired) electrons. The van der Waals surface area contributed by atoms with Gasteiger partial charge in [-0.25, -0.2) is 8.78 Å². The van der Waals surface area contributed by atoms with Gasteiger partial charge in [-0.3, -0.25) is 19.4 Å². The molecule has 164 valence electrons. The van der Waals surface area contributed by atoms with Gasteiger partial charge >= 0.3 is 0 Å². The van der Waals surface area contributed by atoms with Crippen LogP contribution in [-0.2, 0) is 4.79 Å². The number of rotatable bonds is 4. The Labute approximate surface area is 176 Å². The summed E-state index contributed by atoms with van der Waals surface area (Å²) in [5.74, 6) is -1.70. The van der Waals surface area contributed by atoms with Crippen LogP contribution >= 0.6 is 0 Å². The van der Waals surface area contributed by atoms with E-state index in [1.807, 2.05) is 9.80 Å². The van der Waals surface area contributed by atoms with E-state index in [9.17, 15) is 18.4 Å². The summed E-state index contributed by atoms with van der Waals surface area (Å²) in [6.07, 6.45) is 5.22. The molecule has 6 nitrogen and oxygen atoms in total. The summed E-state index contributed by atoms with van der Waals surface area (Å²) in [6.45, 7) is 5.73. The number of nitrogens with zero attached hydrogens (tertiary/aromatic N) is 4. The van der Waals surface area contributed by atoms with Crippen molar-refractivity contribution in [3.63, 3.8) is 0 Å². The maximum absolute atomic E-state index is 13.9. The van der Waals surface area contributed by atoms with E-state index >= 15 is 0 Å². The van der Waals surface area contributed by atoms with Crippen LogP contribution in [0.2, 0.25) is 0 Å². The van der Waals surface area contributed by atoms with E-state index in [1.54, 1.807) is 0 Å². The number of piperazine rings is 2. The van der Waals surface area contributed by atoms with Crippen molar-refractivity contribution in [2.75, 3.05) is 58.9 Å². The SMILES string of the molecule is O=C(CN1CCN(C(=O)c2cc(F)ccc2F)CC1)N1CCN(C2CCCC2)CC1. The molecule has 1 aromatic rings. The standard InChI is InChI=1S/C22H30F2N4O2/c23-17-5-6-20(24)19(15-17)22(30)28-9-7-25(8-10-28)16-21(29)27-13-11-26(12-14-27)18-3-1-2-4-18/h5-6,15,18H,1-4,7-14,16H2. The van der Waals surface area contributed by atoms with Crippen molar-refractivity contribution in [2.45, 2.75) is 31.7 Å². The normalized spacial score (nSPS) is 21.9. The summed E-state index contributed by atoms with van der Waals surface area (Å²) >= 11 is 0. The van der Waals surface area contributed by atoms with Crippen molar-refractivity contribution in [1.29, 1.82) is 0 Å². The second-order valence-electron chi connectivity index (χ2n) is 8.55. The minimum Gasteiger partial charge on any atom is -0.339 e. The Morgan fingerprint density at radius 1 is 0.867 bits per heavy atom. The van der Waals surface area contributed by atoms with Crippen LogP contribution in [-0.4, -0.2) is 96.4 Å². The summed E-state index contributed by atoms with van der Waals surface area (Å²) in [5, 5.41) is 0. The number of carbonyl (C=O) groups is 2. The van der Waals surface area contributed by atoms with Crippen molar-refractivity contribution < 1.29 is 18.4 Å². The van der Waals surface area contributed by atoms with Crippen molar-refractivity contribution in [1.82, 2.24) is 19.6 Å². The molecule has 3 aliphatic rings. The molecule has 0 aromatic heterocycles. The fourth-order valence-electron chi connectivity index (χ4n) is 4.84. The van der Waals surface area contributed by atoms with E-state index in [0.29, 0.717) is 38.8 Å². The van der Waals surface area contributed by atoms with Crippen LogP contribution < -0.4 is 0 Å². The highest BCUT2D eigenvalue weighted by atomic mass is 19.1. The van der Waals surface area contributed by atoms with Crippen LogP contribution in [0.3, 0.4) is 0 Å². The average molecular weight is 421 g/mol. The number of hydrogen-bond donors (Lipinski definition) is 0. The summed E-state index contributed by atoms with van der Waals surface area (Å²) in [7, 11) is 0. The molecule has 2 heterocycles. The van der Waals surface area contributed by atoms with Crippen LogP contribution in [0, 0.1) is 11.6 Å². The predicted octanol–water partition coefficient (Wildman–Crippen LogP) is 1.81. The molecule has 0 N–H and O–H groups in total. The van der Waals surface area contributed by atoms with E-state index in [2.05, 4.69) is 4.90 Å². The Bertz CT molecular complexity index is 768. The lowest BCUT2D eigenvalue weighted by molar-refractivity contribution is -0.134. The van der Waals surface area contributed by atoms with E-state index in [-0.39, 0.29) is 11.5 Å². The fourth-order valence-corrected chi connectivity index (χ4v) is 4.84. The van der Waals surface area contributed by atoms with Crippen LogP contribution in [0.15, 0.2) is 18.2 Å². The first-order chi connectivity index (χ1) is 14.5. The highest BCUT2D eigenvalue weighted by Crippen LogP contribution is 2.24. The Kier molecular flexibility index (Phi) is 6.63. The highest BCUT2D eigenvalue weighted by molar-refractivity contribution is 5.94. The van der Waals surface area contributed by atoms with Gasteiger partial charge in [0, 0.05) is 58.4 Å². The van der Waals surface area contributed by atoms with Gasteiger partial charge in [-0.1, -0.05) is 12.8 Å². The molecule has 0 bridgehead atoms. The first-order valence-electron chi connectivity index (χ1n) is 11.0. The molecule has 2 aliphatic heterocycles. The molecule has 3 fully saturated rings. The smallest absolute Gasteiger partial charge is 0.257 e. The predicted molar refractivity (Wildman–Crippen MR) is 109 cm³/mol. The van der Waals surface area contributed by atoms with Gasteiger partial charge in [0.2, 0.25) is 5.91 Å². The van der Waals surface area contributed by atoms with Crippen molar-refractivity contribution in [3.05, 3.63) is 35.4 Å². The highest BCUT2D eigenvalue weighted by Gasteiger charge is 2.30. The van der Waals surface area contributed by atoms with Crippen molar-refractivity contribution in [3.8, 4) is 0 Å². The van der Waals surface area contributed by atoms with Crippen LogP contribution in [0.25, 0.3) is 0 Å². The van der Waals surface area contributed by atoms with Gasteiger partial charge in [0.25, 0.3) is 5.91 Å². The van der Waals surface area contributed by atoms with E-state index in [1.165, 1.54) is 30.6 Å². The van der Waals surface area contributed by atoms with Gasteiger partial charge < -0.3 is 9.80 Å². The first-order valence-corrected chi connectivity index (χ1v) is 11.0. The van der Waals surface area contributed by atoms with Gasteiger partial charge in [0.15, 0.2) is 0 Å². The van der Waals surface area contributed by atoms with E-state index < -0.39 is 17.5 Å². The maximum Gasteiger partial charge on any atom is 0.257 e. The van der Waals surface area contributed by atoms with Crippen molar-refractivity contribution >= 4 is 11.8 Å². The summed E-state index contributed by atoms with van der Waals surface area (Å²) in [4.78, 5) is 33.3. The Balaban J connectivity index is 1.22.